The molecule has 0 aliphatic heterocycles. The molecule has 0 amide bonds. The highest BCUT2D eigenvalue weighted by molar-refractivity contribution is 9.10. The minimum atomic E-state index is 0.308. The number of aromatic nitrogens is 2. The number of likely N-dealkylation sites (N-methyl/N-ethyl adjacent to an activating group) is 1. The van der Waals surface area contributed by atoms with Crippen molar-refractivity contribution in [1.82, 2.24) is 14.9 Å². The SMILES string of the molecule is CCCc1nnsc1C(Cc1ccc(Br)cc1)NCC. The molecule has 1 N–H and O–H groups in total. The topological polar surface area (TPSA) is 37.8 Å². The van der Waals surface area contributed by atoms with E-state index in [1.54, 1.807) is 0 Å². The van der Waals surface area contributed by atoms with Gasteiger partial charge in [0.25, 0.3) is 0 Å². The van der Waals surface area contributed by atoms with Crippen molar-refractivity contribution in [3.8, 4) is 0 Å². The lowest BCUT2D eigenvalue weighted by Gasteiger charge is -2.17. The van der Waals surface area contributed by atoms with E-state index in [9.17, 15) is 0 Å². The largest absolute Gasteiger partial charge is 0.309 e. The number of aryl methyl sites for hydroxylation is 1. The molecule has 0 aliphatic carbocycles. The third kappa shape index (κ3) is 4.11. The summed E-state index contributed by atoms with van der Waals surface area (Å²) >= 11 is 5.01. The van der Waals surface area contributed by atoms with Gasteiger partial charge in [0, 0.05) is 10.5 Å². The van der Waals surface area contributed by atoms with Crippen LogP contribution in [0, 0.1) is 0 Å². The number of benzene rings is 1. The van der Waals surface area contributed by atoms with E-state index in [0.29, 0.717) is 6.04 Å². The molecule has 1 aromatic carbocycles. The van der Waals surface area contributed by atoms with Crippen molar-refractivity contribution in [2.45, 2.75) is 39.2 Å². The van der Waals surface area contributed by atoms with E-state index in [4.69, 9.17) is 0 Å². The number of halogens is 1. The van der Waals surface area contributed by atoms with Crippen molar-refractivity contribution in [3.63, 3.8) is 0 Å². The van der Waals surface area contributed by atoms with Crippen LogP contribution in [0.1, 0.15) is 42.4 Å². The summed E-state index contributed by atoms with van der Waals surface area (Å²) in [7, 11) is 0. The molecule has 0 fully saturated rings. The van der Waals surface area contributed by atoms with Gasteiger partial charge in [-0.25, -0.2) is 0 Å². The molecule has 5 heteroatoms. The lowest BCUT2D eigenvalue weighted by atomic mass is 10.0. The van der Waals surface area contributed by atoms with Gasteiger partial charge in [0.1, 0.15) is 0 Å². The van der Waals surface area contributed by atoms with Gasteiger partial charge < -0.3 is 5.32 Å². The van der Waals surface area contributed by atoms with E-state index in [1.807, 2.05) is 0 Å². The minimum absolute atomic E-state index is 0.308. The van der Waals surface area contributed by atoms with Crippen LogP contribution in [0.2, 0.25) is 0 Å². The predicted octanol–water partition coefficient (Wildman–Crippen LogP) is 4.15. The van der Waals surface area contributed by atoms with Crippen molar-refractivity contribution >= 4 is 27.5 Å². The second kappa shape index (κ2) is 7.86. The van der Waals surface area contributed by atoms with Gasteiger partial charge in [-0.2, -0.15) is 0 Å². The number of hydrogen-bond acceptors (Lipinski definition) is 4. The Bertz CT molecular complexity index is 524. The van der Waals surface area contributed by atoms with E-state index in [1.165, 1.54) is 22.0 Å². The Labute approximate surface area is 133 Å². The van der Waals surface area contributed by atoms with Gasteiger partial charge in [0.15, 0.2) is 0 Å². The van der Waals surface area contributed by atoms with Gasteiger partial charge in [-0.3, -0.25) is 0 Å². The zero-order chi connectivity index (χ0) is 14.4. The average Bonchev–Trinajstić information content (AvgIpc) is 2.89. The molecule has 0 spiro atoms. The zero-order valence-corrected chi connectivity index (χ0v) is 14.3. The van der Waals surface area contributed by atoms with Crippen LogP contribution in [0.4, 0.5) is 0 Å². The molecule has 0 saturated carbocycles. The maximum Gasteiger partial charge on any atom is 0.0803 e. The maximum absolute atomic E-state index is 4.29. The Hall–Kier alpha value is -0.780. The van der Waals surface area contributed by atoms with Crippen molar-refractivity contribution in [3.05, 3.63) is 44.9 Å². The van der Waals surface area contributed by atoms with E-state index < -0.39 is 0 Å². The molecule has 1 aromatic heterocycles. The summed E-state index contributed by atoms with van der Waals surface area (Å²) in [6.45, 7) is 5.27. The molecule has 1 unspecified atom stereocenters. The summed E-state index contributed by atoms with van der Waals surface area (Å²) in [6.07, 6.45) is 3.09. The number of hydrogen-bond donors (Lipinski definition) is 1. The highest BCUT2D eigenvalue weighted by Crippen LogP contribution is 2.25. The Morgan fingerprint density at radius 3 is 2.65 bits per heavy atom. The Kier molecular flexibility index (Phi) is 6.13. The molecular formula is C15H20BrN3S. The van der Waals surface area contributed by atoms with Crippen LogP contribution in [-0.2, 0) is 12.8 Å². The van der Waals surface area contributed by atoms with Crippen LogP contribution in [0.15, 0.2) is 28.7 Å². The lowest BCUT2D eigenvalue weighted by molar-refractivity contribution is 0.552. The second-order valence-electron chi connectivity index (χ2n) is 4.77. The van der Waals surface area contributed by atoms with Gasteiger partial charge in [0.2, 0.25) is 0 Å². The van der Waals surface area contributed by atoms with E-state index in [-0.39, 0.29) is 0 Å². The molecule has 2 aromatic rings. The maximum atomic E-state index is 4.29. The molecular weight excluding hydrogens is 334 g/mol. The van der Waals surface area contributed by atoms with Gasteiger partial charge in [-0.05, 0) is 48.6 Å². The standard InChI is InChI=1S/C15H20BrN3S/c1-3-5-13-15(20-19-18-13)14(17-4-2)10-11-6-8-12(16)9-7-11/h6-9,14,17H,3-5,10H2,1-2H3. The molecule has 0 bridgehead atoms. The first-order chi connectivity index (χ1) is 9.74. The fourth-order valence-corrected chi connectivity index (χ4v) is 3.28. The first-order valence-electron chi connectivity index (χ1n) is 7.03. The molecule has 3 nitrogen and oxygen atoms in total. The summed E-state index contributed by atoms with van der Waals surface area (Å²) in [5.41, 5.74) is 2.48. The molecule has 0 radical (unpaired) electrons. The first kappa shape index (κ1) is 15.6. The third-order valence-electron chi connectivity index (χ3n) is 3.19. The number of nitrogens with zero attached hydrogens (tertiary/aromatic N) is 2. The minimum Gasteiger partial charge on any atom is -0.309 e. The summed E-state index contributed by atoms with van der Waals surface area (Å²) in [6, 6.07) is 8.83. The van der Waals surface area contributed by atoms with Crippen LogP contribution < -0.4 is 5.32 Å². The molecule has 108 valence electrons. The fraction of sp³-hybridized carbons (Fsp3) is 0.467. The quantitative estimate of drug-likeness (QED) is 0.812. The van der Waals surface area contributed by atoms with Crippen LogP contribution in [-0.4, -0.2) is 16.1 Å². The Balaban J connectivity index is 2.17. The van der Waals surface area contributed by atoms with E-state index >= 15 is 0 Å². The monoisotopic (exact) mass is 353 g/mol. The van der Waals surface area contributed by atoms with E-state index in [0.717, 1.165) is 36.0 Å². The van der Waals surface area contributed by atoms with Gasteiger partial charge in [-0.15, -0.1) is 5.10 Å². The number of rotatable bonds is 7. The zero-order valence-electron chi connectivity index (χ0n) is 11.9. The molecule has 0 saturated heterocycles. The molecule has 1 heterocycles. The van der Waals surface area contributed by atoms with Crippen molar-refractivity contribution in [2.24, 2.45) is 0 Å². The van der Waals surface area contributed by atoms with Gasteiger partial charge >= 0.3 is 0 Å². The van der Waals surface area contributed by atoms with Crippen LogP contribution in [0.25, 0.3) is 0 Å². The summed E-state index contributed by atoms with van der Waals surface area (Å²) in [5.74, 6) is 0. The fourth-order valence-electron chi connectivity index (χ4n) is 2.25. The molecule has 1 atom stereocenters. The van der Waals surface area contributed by atoms with Crippen LogP contribution in [0.3, 0.4) is 0 Å². The van der Waals surface area contributed by atoms with Gasteiger partial charge in [0.05, 0.1) is 10.6 Å². The normalized spacial score (nSPS) is 12.6. The smallest absolute Gasteiger partial charge is 0.0803 e. The Morgan fingerprint density at radius 1 is 1.25 bits per heavy atom. The van der Waals surface area contributed by atoms with Gasteiger partial charge in [-0.1, -0.05) is 52.8 Å². The van der Waals surface area contributed by atoms with Crippen molar-refractivity contribution in [2.75, 3.05) is 6.54 Å². The first-order valence-corrected chi connectivity index (χ1v) is 8.60. The van der Waals surface area contributed by atoms with E-state index in [2.05, 4.69) is 68.9 Å². The number of nitrogens with one attached hydrogen (secondary N) is 1. The molecule has 0 aliphatic rings. The third-order valence-corrected chi connectivity index (χ3v) is 4.60. The summed E-state index contributed by atoms with van der Waals surface area (Å²) in [4.78, 5) is 1.29. The summed E-state index contributed by atoms with van der Waals surface area (Å²) in [5, 5.41) is 7.85. The average molecular weight is 354 g/mol. The predicted molar refractivity (Wildman–Crippen MR) is 88.2 cm³/mol. The highest BCUT2D eigenvalue weighted by atomic mass is 79.9. The van der Waals surface area contributed by atoms with Crippen molar-refractivity contribution in [1.29, 1.82) is 0 Å². The Morgan fingerprint density at radius 2 is 2.00 bits per heavy atom. The second-order valence-corrected chi connectivity index (χ2v) is 6.48. The highest BCUT2D eigenvalue weighted by Gasteiger charge is 2.18. The van der Waals surface area contributed by atoms with Crippen LogP contribution in [0.5, 0.6) is 0 Å². The molecule has 20 heavy (non-hydrogen) atoms. The lowest BCUT2D eigenvalue weighted by Crippen LogP contribution is -2.23. The molecule has 2 rings (SSSR count). The summed E-state index contributed by atoms with van der Waals surface area (Å²) < 4.78 is 5.26. The van der Waals surface area contributed by atoms with Crippen LogP contribution >= 0.6 is 27.5 Å². The van der Waals surface area contributed by atoms with Crippen molar-refractivity contribution < 1.29 is 0 Å².